The number of halogens is 2. The van der Waals surface area contributed by atoms with Gasteiger partial charge < -0.3 is 10.1 Å². The van der Waals surface area contributed by atoms with E-state index in [-0.39, 0.29) is 17.9 Å². The lowest BCUT2D eigenvalue weighted by atomic mass is 10.2. The van der Waals surface area contributed by atoms with Crippen LogP contribution in [0.2, 0.25) is 0 Å². The van der Waals surface area contributed by atoms with Gasteiger partial charge >= 0.3 is 6.61 Å². The van der Waals surface area contributed by atoms with Gasteiger partial charge in [-0.2, -0.15) is 8.78 Å². The summed E-state index contributed by atoms with van der Waals surface area (Å²) in [6.45, 7) is -2.94. The van der Waals surface area contributed by atoms with Crippen LogP contribution < -0.4 is 10.1 Å². The summed E-state index contributed by atoms with van der Waals surface area (Å²) < 4.78 is 28.3. The number of hydrogen-bond acceptors (Lipinski definition) is 2. The first-order valence-electron chi connectivity index (χ1n) is 4.40. The molecular weight excluding hydrogens is 216 g/mol. The summed E-state index contributed by atoms with van der Waals surface area (Å²) in [6.07, 6.45) is 4.96. The smallest absolute Gasteiger partial charge is 0.387 e. The maximum absolute atomic E-state index is 12.0. The molecule has 0 aliphatic rings. The quantitative estimate of drug-likeness (QED) is 0.791. The van der Waals surface area contributed by atoms with E-state index in [4.69, 9.17) is 6.42 Å². The van der Waals surface area contributed by atoms with Gasteiger partial charge in [0.1, 0.15) is 5.75 Å². The molecular formula is C11H9F2NO2. The van der Waals surface area contributed by atoms with E-state index in [9.17, 15) is 13.6 Å². The van der Waals surface area contributed by atoms with Gasteiger partial charge in [0.2, 0.25) is 0 Å². The van der Waals surface area contributed by atoms with Gasteiger partial charge in [-0.05, 0) is 12.1 Å². The molecule has 0 aliphatic carbocycles. The molecule has 1 aromatic carbocycles. The monoisotopic (exact) mass is 225 g/mol. The minimum absolute atomic E-state index is 0.0260. The van der Waals surface area contributed by atoms with E-state index in [0.717, 1.165) is 0 Å². The number of para-hydroxylation sites is 1. The number of nitrogens with one attached hydrogen (secondary N) is 1. The highest BCUT2D eigenvalue weighted by molar-refractivity contribution is 5.97. The molecule has 1 N–H and O–H groups in total. The summed E-state index contributed by atoms with van der Waals surface area (Å²) in [5, 5.41) is 2.36. The van der Waals surface area contributed by atoms with Crippen LogP contribution in [0.25, 0.3) is 0 Å². The van der Waals surface area contributed by atoms with Crippen molar-refractivity contribution in [3.8, 4) is 18.1 Å². The Balaban J connectivity index is 2.86. The van der Waals surface area contributed by atoms with Crippen LogP contribution in [0.3, 0.4) is 0 Å². The lowest BCUT2D eigenvalue weighted by molar-refractivity contribution is -0.0501. The molecule has 16 heavy (non-hydrogen) atoms. The SMILES string of the molecule is C#CCNC(=O)c1ccccc1OC(F)F. The number of ether oxygens (including phenoxy) is 1. The van der Waals surface area contributed by atoms with Crippen LogP contribution in [0.1, 0.15) is 10.4 Å². The molecule has 5 heteroatoms. The molecule has 0 unspecified atom stereocenters. The van der Waals surface area contributed by atoms with E-state index in [2.05, 4.69) is 16.0 Å². The Morgan fingerprint density at radius 1 is 1.50 bits per heavy atom. The van der Waals surface area contributed by atoms with Gasteiger partial charge in [0.15, 0.2) is 0 Å². The standard InChI is InChI=1S/C11H9F2NO2/c1-2-7-14-10(15)8-5-3-4-6-9(8)16-11(12)13/h1,3-6,11H,7H2,(H,14,15). The molecule has 0 radical (unpaired) electrons. The number of benzene rings is 1. The molecule has 0 atom stereocenters. The zero-order chi connectivity index (χ0) is 12.0. The largest absolute Gasteiger partial charge is 0.434 e. The van der Waals surface area contributed by atoms with Crippen molar-refractivity contribution in [3.63, 3.8) is 0 Å². The van der Waals surface area contributed by atoms with Crippen molar-refractivity contribution < 1.29 is 18.3 Å². The minimum atomic E-state index is -2.97. The van der Waals surface area contributed by atoms with Crippen molar-refractivity contribution in [1.82, 2.24) is 5.32 Å². The lowest BCUT2D eigenvalue weighted by Gasteiger charge is -2.09. The molecule has 0 aliphatic heterocycles. The lowest BCUT2D eigenvalue weighted by Crippen LogP contribution is -2.24. The molecule has 1 aromatic rings. The maximum atomic E-state index is 12.0. The molecule has 1 rings (SSSR count). The highest BCUT2D eigenvalue weighted by Crippen LogP contribution is 2.19. The molecule has 0 heterocycles. The van der Waals surface area contributed by atoms with Crippen LogP contribution in [0.4, 0.5) is 8.78 Å². The van der Waals surface area contributed by atoms with Gasteiger partial charge in [0.25, 0.3) is 5.91 Å². The van der Waals surface area contributed by atoms with Crippen LogP contribution in [-0.4, -0.2) is 19.1 Å². The zero-order valence-corrected chi connectivity index (χ0v) is 8.24. The highest BCUT2D eigenvalue weighted by atomic mass is 19.3. The molecule has 3 nitrogen and oxygen atoms in total. The summed E-state index contributed by atoms with van der Waals surface area (Å²) in [5.41, 5.74) is 0.0260. The third-order valence-corrected chi connectivity index (χ3v) is 1.70. The highest BCUT2D eigenvalue weighted by Gasteiger charge is 2.14. The Morgan fingerprint density at radius 3 is 2.81 bits per heavy atom. The second kappa shape index (κ2) is 5.71. The molecule has 0 spiro atoms. The van der Waals surface area contributed by atoms with Crippen molar-refractivity contribution in [2.75, 3.05) is 6.54 Å². The molecule has 84 valence electrons. The van der Waals surface area contributed by atoms with Gasteiger partial charge in [0, 0.05) is 0 Å². The van der Waals surface area contributed by atoms with E-state index >= 15 is 0 Å². The predicted octanol–water partition coefficient (Wildman–Crippen LogP) is 1.65. The second-order valence-electron chi connectivity index (χ2n) is 2.76. The van der Waals surface area contributed by atoms with Crippen LogP contribution in [0, 0.1) is 12.3 Å². The summed E-state index contributed by atoms with van der Waals surface area (Å²) in [5.74, 6) is 1.49. The zero-order valence-electron chi connectivity index (χ0n) is 8.24. The van der Waals surface area contributed by atoms with Crippen molar-refractivity contribution in [2.45, 2.75) is 6.61 Å². The van der Waals surface area contributed by atoms with E-state index in [1.807, 2.05) is 0 Å². The molecule has 0 aromatic heterocycles. The van der Waals surface area contributed by atoms with Gasteiger partial charge in [-0.25, -0.2) is 0 Å². The van der Waals surface area contributed by atoms with Crippen molar-refractivity contribution >= 4 is 5.91 Å². The van der Waals surface area contributed by atoms with E-state index in [1.165, 1.54) is 18.2 Å². The van der Waals surface area contributed by atoms with Gasteiger partial charge in [-0.3, -0.25) is 4.79 Å². The van der Waals surface area contributed by atoms with Crippen molar-refractivity contribution in [3.05, 3.63) is 29.8 Å². The fraction of sp³-hybridized carbons (Fsp3) is 0.182. The number of rotatable bonds is 4. The Kier molecular flexibility index (Phi) is 4.28. The Bertz CT molecular complexity index is 413. The molecule has 0 fully saturated rings. The van der Waals surface area contributed by atoms with Crippen molar-refractivity contribution in [2.24, 2.45) is 0 Å². The first kappa shape index (κ1) is 12.0. The van der Waals surface area contributed by atoms with E-state index < -0.39 is 12.5 Å². The van der Waals surface area contributed by atoms with Gasteiger partial charge in [-0.1, -0.05) is 18.1 Å². The number of carbonyl (C=O) groups excluding carboxylic acids is 1. The summed E-state index contributed by atoms with van der Waals surface area (Å²) in [7, 11) is 0. The predicted molar refractivity (Wildman–Crippen MR) is 54.2 cm³/mol. The number of carbonyl (C=O) groups is 1. The number of alkyl halides is 2. The minimum Gasteiger partial charge on any atom is -0.434 e. The van der Waals surface area contributed by atoms with Crippen molar-refractivity contribution in [1.29, 1.82) is 0 Å². The third kappa shape index (κ3) is 3.24. The topological polar surface area (TPSA) is 38.3 Å². The second-order valence-corrected chi connectivity index (χ2v) is 2.76. The Labute approximate surface area is 91.4 Å². The van der Waals surface area contributed by atoms with Gasteiger partial charge in [0.05, 0.1) is 12.1 Å². The van der Waals surface area contributed by atoms with E-state index in [0.29, 0.717) is 0 Å². The van der Waals surface area contributed by atoms with Gasteiger partial charge in [-0.15, -0.1) is 6.42 Å². The number of terminal acetylenes is 1. The molecule has 1 amide bonds. The van der Waals surface area contributed by atoms with Crippen LogP contribution in [0.5, 0.6) is 5.75 Å². The normalized spacial score (nSPS) is 9.62. The average Bonchev–Trinajstić information content (AvgIpc) is 2.26. The number of amides is 1. The van der Waals surface area contributed by atoms with Crippen LogP contribution in [-0.2, 0) is 0 Å². The maximum Gasteiger partial charge on any atom is 0.387 e. The fourth-order valence-electron chi connectivity index (χ4n) is 1.08. The molecule has 0 saturated carbocycles. The summed E-state index contributed by atoms with van der Waals surface area (Å²) in [4.78, 5) is 11.5. The summed E-state index contributed by atoms with van der Waals surface area (Å²) in [6, 6.07) is 5.71. The van der Waals surface area contributed by atoms with Crippen LogP contribution in [0.15, 0.2) is 24.3 Å². The first-order valence-corrected chi connectivity index (χ1v) is 4.40. The molecule has 0 bridgehead atoms. The average molecular weight is 225 g/mol. The fourth-order valence-corrected chi connectivity index (χ4v) is 1.08. The van der Waals surface area contributed by atoms with E-state index in [1.54, 1.807) is 6.07 Å². The number of hydrogen-bond donors (Lipinski definition) is 1. The Morgan fingerprint density at radius 2 is 2.19 bits per heavy atom. The third-order valence-electron chi connectivity index (χ3n) is 1.70. The van der Waals surface area contributed by atoms with Crippen LogP contribution >= 0.6 is 0 Å². The summed E-state index contributed by atoms with van der Waals surface area (Å²) >= 11 is 0. The molecule has 0 saturated heterocycles. The first-order chi connectivity index (χ1) is 7.65. The Hall–Kier alpha value is -2.09.